The average Bonchev–Trinajstić information content (AvgIpc) is 1.90. The molecule has 0 amide bonds. The van der Waals surface area contributed by atoms with Crippen molar-refractivity contribution in [2.45, 2.75) is 19.3 Å². The molecule has 8 heavy (non-hydrogen) atoms. The lowest BCUT2D eigenvalue weighted by Gasteiger charge is -1.91. The number of rotatable bonds is 0. The molecule has 0 radical (unpaired) electrons. The Bertz CT molecular complexity index is 32.0. The first-order valence-electron chi connectivity index (χ1n) is 2.85. The van der Waals surface area contributed by atoms with Gasteiger partial charge in [-0.1, -0.05) is 18.4 Å². The Morgan fingerprint density at radius 2 is 2.00 bits per heavy atom. The standard InChI is InChI=1S/C5H11NS.ClH/c1-2-4-6-7-5-3-1;/h6H,1-5H2;1H. The summed E-state index contributed by atoms with van der Waals surface area (Å²) in [6.45, 7) is 1.21. The van der Waals surface area contributed by atoms with Crippen LogP contribution in [0.5, 0.6) is 0 Å². The minimum atomic E-state index is 0. The van der Waals surface area contributed by atoms with Gasteiger partial charge in [0.25, 0.3) is 0 Å². The molecule has 0 unspecified atom stereocenters. The van der Waals surface area contributed by atoms with E-state index >= 15 is 0 Å². The van der Waals surface area contributed by atoms with Crippen LogP contribution in [-0.2, 0) is 0 Å². The van der Waals surface area contributed by atoms with E-state index < -0.39 is 0 Å². The molecule has 0 aromatic heterocycles. The summed E-state index contributed by atoms with van der Waals surface area (Å²) >= 11 is 1.87. The first-order valence-corrected chi connectivity index (χ1v) is 3.83. The number of halogens is 1. The molecule has 1 nitrogen and oxygen atoms in total. The van der Waals surface area contributed by atoms with E-state index in [9.17, 15) is 0 Å². The molecule has 0 spiro atoms. The summed E-state index contributed by atoms with van der Waals surface area (Å²) in [5.74, 6) is 1.31. The van der Waals surface area contributed by atoms with Gasteiger partial charge in [0, 0.05) is 12.3 Å². The fourth-order valence-electron chi connectivity index (χ4n) is 0.693. The molecule has 3 heteroatoms. The maximum Gasteiger partial charge on any atom is 0.00786 e. The molecule has 50 valence electrons. The maximum atomic E-state index is 3.26. The molecular weight excluding hydrogens is 142 g/mol. The zero-order chi connectivity index (χ0) is 4.95. The molecule has 0 saturated carbocycles. The molecule has 0 bridgehead atoms. The van der Waals surface area contributed by atoms with E-state index in [4.69, 9.17) is 0 Å². The van der Waals surface area contributed by atoms with Crippen molar-refractivity contribution in [1.82, 2.24) is 4.72 Å². The Labute approximate surface area is 61.2 Å². The lowest BCUT2D eigenvalue weighted by atomic mass is 10.3. The van der Waals surface area contributed by atoms with Crippen LogP contribution in [0, 0.1) is 0 Å². The molecule has 0 aliphatic carbocycles. The van der Waals surface area contributed by atoms with Gasteiger partial charge in [0.15, 0.2) is 0 Å². The maximum absolute atomic E-state index is 3.26. The largest absolute Gasteiger partial charge is 0.264 e. The minimum absolute atomic E-state index is 0. The lowest BCUT2D eigenvalue weighted by Crippen LogP contribution is -2.01. The van der Waals surface area contributed by atoms with Crippen molar-refractivity contribution in [3.63, 3.8) is 0 Å². The van der Waals surface area contributed by atoms with Crippen molar-refractivity contribution in [2.24, 2.45) is 0 Å². The van der Waals surface area contributed by atoms with Gasteiger partial charge >= 0.3 is 0 Å². The third-order valence-electron chi connectivity index (χ3n) is 1.13. The summed E-state index contributed by atoms with van der Waals surface area (Å²) in [7, 11) is 0. The summed E-state index contributed by atoms with van der Waals surface area (Å²) in [5.41, 5.74) is 0. The van der Waals surface area contributed by atoms with Gasteiger partial charge in [0.2, 0.25) is 0 Å². The topological polar surface area (TPSA) is 12.0 Å². The Hall–Kier alpha value is 0.600. The minimum Gasteiger partial charge on any atom is -0.264 e. The van der Waals surface area contributed by atoms with Crippen LogP contribution in [0.25, 0.3) is 0 Å². The van der Waals surface area contributed by atoms with Gasteiger partial charge in [-0.2, -0.15) is 0 Å². The highest BCUT2D eigenvalue weighted by molar-refractivity contribution is 7.97. The summed E-state index contributed by atoms with van der Waals surface area (Å²) in [5, 5.41) is 0. The van der Waals surface area contributed by atoms with Crippen LogP contribution in [-0.4, -0.2) is 12.3 Å². The van der Waals surface area contributed by atoms with Crippen LogP contribution in [0.2, 0.25) is 0 Å². The van der Waals surface area contributed by atoms with E-state index in [1.54, 1.807) is 0 Å². The first-order chi connectivity index (χ1) is 3.50. The predicted molar refractivity (Wildman–Crippen MR) is 41.6 cm³/mol. The van der Waals surface area contributed by atoms with Crippen LogP contribution in [0.1, 0.15) is 19.3 Å². The van der Waals surface area contributed by atoms with Crippen molar-refractivity contribution < 1.29 is 0 Å². The molecule has 0 atom stereocenters. The zero-order valence-corrected chi connectivity index (χ0v) is 6.49. The summed E-state index contributed by atoms with van der Waals surface area (Å²) in [6, 6.07) is 0. The Kier molecular flexibility index (Phi) is 6.16. The summed E-state index contributed by atoms with van der Waals surface area (Å²) in [6.07, 6.45) is 4.19. The highest BCUT2D eigenvalue weighted by Crippen LogP contribution is 2.06. The van der Waals surface area contributed by atoms with Crippen molar-refractivity contribution in [2.75, 3.05) is 12.3 Å². The van der Waals surface area contributed by atoms with E-state index in [1.807, 2.05) is 11.9 Å². The smallest absolute Gasteiger partial charge is 0.00786 e. The molecule has 1 heterocycles. The van der Waals surface area contributed by atoms with E-state index in [0.717, 1.165) is 0 Å². The van der Waals surface area contributed by atoms with Gasteiger partial charge in [-0.15, -0.1) is 12.4 Å². The van der Waals surface area contributed by atoms with Crippen molar-refractivity contribution >= 4 is 24.4 Å². The number of hydrogen-bond acceptors (Lipinski definition) is 2. The van der Waals surface area contributed by atoms with Gasteiger partial charge in [0.1, 0.15) is 0 Å². The normalized spacial score (nSPS) is 21.0. The van der Waals surface area contributed by atoms with E-state index in [2.05, 4.69) is 4.72 Å². The monoisotopic (exact) mass is 153 g/mol. The molecular formula is C5H12ClNS. The second-order valence-corrected chi connectivity index (χ2v) is 2.79. The molecule has 1 aliphatic heterocycles. The highest BCUT2D eigenvalue weighted by atomic mass is 35.5. The molecule has 1 aliphatic rings. The van der Waals surface area contributed by atoms with Crippen molar-refractivity contribution in [3.05, 3.63) is 0 Å². The first kappa shape index (κ1) is 8.60. The third-order valence-corrected chi connectivity index (χ3v) is 2.03. The second-order valence-electron chi connectivity index (χ2n) is 1.80. The molecule has 0 aromatic rings. The Morgan fingerprint density at radius 3 is 2.88 bits per heavy atom. The summed E-state index contributed by atoms with van der Waals surface area (Å²) < 4.78 is 3.26. The molecule has 1 rings (SSSR count). The Morgan fingerprint density at radius 1 is 1.12 bits per heavy atom. The Balaban J connectivity index is 0.000000490. The van der Waals surface area contributed by atoms with E-state index in [1.165, 1.54) is 31.6 Å². The highest BCUT2D eigenvalue weighted by Gasteiger charge is 1.94. The van der Waals surface area contributed by atoms with Crippen molar-refractivity contribution in [1.29, 1.82) is 0 Å². The van der Waals surface area contributed by atoms with Crippen molar-refractivity contribution in [3.8, 4) is 0 Å². The zero-order valence-electron chi connectivity index (χ0n) is 4.85. The third kappa shape index (κ3) is 3.58. The fraction of sp³-hybridized carbons (Fsp3) is 1.00. The van der Waals surface area contributed by atoms with Gasteiger partial charge in [-0.25, -0.2) is 0 Å². The predicted octanol–water partition coefficient (Wildman–Crippen LogP) is 1.83. The summed E-state index contributed by atoms with van der Waals surface area (Å²) in [4.78, 5) is 0. The molecule has 1 saturated heterocycles. The van der Waals surface area contributed by atoms with E-state index in [0.29, 0.717) is 0 Å². The van der Waals surface area contributed by atoms with E-state index in [-0.39, 0.29) is 12.4 Å². The lowest BCUT2D eigenvalue weighted by molar-refractivity contribution is 0.733. The van der Waals surface area contributed by atoms with Crippen LogP contribution in [0.15, 0.2) is 0 Å². The average molecular weight is 154 g/mol. The molecule has 0 aromatic carbocycles. The van der Waals surface area contributed by atoms with Crippen LogP contribution in [0.4, 0.5) is 0 Å². The van der Waals surface area contributed by atoms with Crippen LogP contribution >= 0.6 is 24.4 Å². The quantitative estimate of drug-likeness (QED) is 0.533. The number of nitrogens with one attached hydrogen (secondary N) is 1. The van der Waals surface area contributed by atoms with Gasteiger partial charge in [-0.3, -0.25) is 4.72 Å². The van der Waals surface area contributed by atoms with Gasteiger partial charge in [-0.05, 0) is 12.8 Å². The number of hydrogen-bond donors (Lipinski definition) is 1. The molecule has 1 fully saturated rings. The molecule has 1 N–H and O–H groups in total. The fourth-order valence-corrected chi connectivity index (χ4v) is 1.47. The van der Waals surface area contributed by atoms with Crippen LogP contribution < -0.4 is 4.72 Å². The van der Waals surface area contributed by atoms with Gasteiger partial charge < -0.3 is 0 Å². The van der Waals surface area contributed by atoms with Gasteiger partial charge in [0.05, 0.1) is 0 Å². The second kappa shape index (κ2) is 5.73. The van der Waals surface area contributed by atoms with Crippen LogP contribution in [0.3, 0.4) is 0 Å². The SMILES string of the molecule is C1CCNSCC1.Cl.